The Morgan fingerprint density at radius 1 is 1.04 bits per heavy atom. The third-order valence-electron chi connectivity index (χ3n) is 6.20. The molecule has 4 nitrogen and oxygen atoms in total. The van der Waals surface area contributed by atoms with E-state index in [1.807, 2.05) is 32.0 Å². The van der Waals surface area contributed by atoms with E-state index in [4.69, 9.17) is 4.74 Å². The number of benzene rings is 1. The number of rotatable bonds is 3. The van der Waals surface area contributed by atoms with Gasteiger partial charge >= 0.3 is 11.9 Å². The third-order valence-corrected chi connectivity index (χ3v) is 6.20. The summed E-state index contributed by atoms with van der Waals surface area (Å²) >= 11 is 0. The Hall–Kier alpha value is -1.84. The van der Waals surface area contributed by atoms with E-state index >= 15 is 0 Å². The number of ether oxygens (including phenoxy) is 1. The fourth-order valence-electron chi connectivity index (χ4n) is 5.57. The highest BCUT2D eigenvalue weighted by molar-refractivity contribution is 5.78. The van der Waals surface area contributed by atoms with Gasteiger partial charge in [-0.25, -0.2) is 0 Å². The molecule has 0 amide bonds. The van der Waals surface area contributed by atoms with Crippen molar-refractivity contribution in [2.45, 2.75) is 51.4 Å². The van der Waals surface area contributed by atoms with Crippen LogP contribution in [0, 0.1) is 16.7 Å². The zero-order chi connectivity index (χ0) is 17.6. The lowest BCUT2D eigenvalue weighted by Crippen LogP contribution is -2.54. The Bertz CT molecular complexity index is 655. The molecule has 24 heavy (non-hydrogen) atoms. The summed E-state index contributed by atoms with van der Waals surface area (Å²) in [4.78, 5) is 24.4. The number of methoxy groups -OCH3 is 1. The SMILES string of the molecule is COC(=O)C1(C)CC2CC(C)(C(=O)O)CC(c3ccccc3)(C2)C1. The summed E-state index contributed by atoms with van der Waals surface area (Å²) in [6.07, 6.45) is 3.51. The van der Waals surface area contributed by atoms with Crippen molar-refractivity contribution >= 4 is 11.9 Å². The molecular formula is C20H26O4. The summed E-state index contributed by atoms with van der Waals surface area (Å²) in [5, 5.41) is 9.81. The number of hydrogen-bond donors (Lipinski definition) is 1. The standard InChI is InChI=1S/C20H26O4/c1-18(16(21)22)9-14-10-19(2,17(23)24-3)13-20(11-14,12-18)15-7-5-4-6-8-15/h4-8,14H,9-13H2,1-3H3,(H,21,22). The molecule has 4 heteroatoms. The van der Waals surface area contributed by atoms with E-state index in [1.54, 1.807) is 0 Å². The number of carbonyl (C=O) groups is 2. The average molecular weight is 330 g/mol. The maximum Gasteiger partial charge on any atom is 0.311 e. The Balaban J connectivity index is 2.08. The van der Waals surface area contributed by atoms with Gasteiger partial charge in [-0.2, -0.15) is 0 Å². The number of carboxylic acids is 1. The van der Waals surface area contributed by atoms with Crippen LogP contribution in [-0.2, 0) is 19.7 Å². The fraction of sp³-hybridized carbons (Fsp3) is 0.600. The molecule has 0 aliphatic heterocycles. The fourth-order valence-corrected chi connectivity index (χ4v) is 5.57. The summed E-state index contributed by atoms with van der Waals surface area (Å²) in [5.41, 5.74) is -0.417. The van der Waals surface area contributed by atoms with E-state index in [1.165, 1.54) is 7.11 Å². The molecular weight excluding hydrogens is 304 g/mol. The van der Waals surface area contributed by atoms with Crippen molar-refractivity contribution in [1.29, 1.82) is 0 Å². The van der Waals surface area contributed by atoms with Crippen LogP contribution in [0.4, 0.5) is 0 Å². The maximum absolute atomic E-state index is 12.4. The van der Waals surface area contributed by atoms with Crippen molar-refractivity contribution in [3.63, 3.8) is 0 Å². The Morgan fingerprint density at radius 3 is 2.21 bits per heavy atom. The normalized spacial score (nSPS) is 38.4. The molecule has 130 valence electrons. The van der Waals surface area contributed by atoms with Crippen LogP contribution in [-0.4, -0.2) is 24.2 Å². The van der Waals surface area contributed by atoms with Crippen LogP contribution in [0.5, 0.6) is 0 Å². The smallest absolute Gasteiger partial charge is 0.311 e. The monoisotopic (exact) mass is 330 g/mol. The molecule has 2 aliphatic rings. The second kappa shape index (κ2) is 5.61. The van der Waals surface area contributed by atoms with E-state index < -0.39 is 16.8 Å². The number of carbonyl (C=O) groups excluding carboxylic acids is 1. The van der Waals surface area contributed by atoms with E-state index in [9.17, 15) is 14.7 Å². The number of esters is 1. The van der Waals surface area contributed by atoms with E-state index in [0.29, 0.717) is 25.7 Å². The lowest BCUT2D eigenvalue weighted by Gasteiger charge is -2.56. The summed E-state index contributed by atoms with van der Waals surface area (Å²) in [5.74, 6) is -0.682. The Labute approximate surface area is 143 Å². The molecule has 2 aliphatic carbocycles. The minimum Gasteiger partial charge on any atom is -0.481 e. The highest BCUT2D eigenvalue weighted by atomic mass is 16.5. The van der Waals surface area contributed by atoms with Crippen LogP contribution in [0.3, 0.4) is 0 Å². The lowest BCUT2D eigenvalue weighted by atomic mass is 9.47. The van der Waals surface area contributed by atoms with Gasteiger partial charge in [0.15, 0.2) is 0 Å². The Kier molecular flexibility index (Phi) is 3.97. The van der Waals surface area contributed by atoms with Gasteiger partial charge in [0.05, 0.1) is 17.9 Å². The minimum atomic E-state index is -0.740. The molecule has 0 saturated heterocycles. The highest BCUT2D eigenvalue weighted by Gasteiger charge is 2.58. The maximum atomic E-state index is 12.4. The van der Waals surface area contributed by atoms with Gasteiger partial charge in [0.2, 0.25) is 0 Å². The number of aliphatic carboxylic acids is 1. The second-order valence-electron chi connectivity index (χ2n) is 8.40. The summed E-state index contributed by atoms with van der Waals surface area (Å²) in [6.45, 7) is 3.84. The molecule has 0 aromatic heterocycles. The lowest BCUT2D eigenvalue weighted by molar-refractivity contribution is -0.164. The van der Waals surface area contributed by atoms with Crippen molar-refractivity contribution in [1.82, 2.24) is 0 Å². The number of fused-ring (bicyclic) bond motifs is 2. The van der Waals surface area contributed by atoms with Crippen molar-refractivity contribution in [3.8, 4) is 0 Å². The molecule has 1 aromatic rings. The van der Waals surface area contributed by atoms with E-state index in [-0.39, 0.29) is 17.3 Å². The van der Waals surface area contributed by atoms with Crippen molar-refractivity contribution in [2.24, 2.45) is 16.7 Å². The molecule has 4 atom stereocenters. The molecule has 2 saturated carbocycles. The molecule has 0 heterocycles. The van der Waals surface area contributed by atoms with Gasteiger partial charge in [-0.15, -0.1) is 0 Å². The number of carboxylic acid groups (broad SMARTS) is 1. The third kappa shape index (κ3) is 2.62. The summed E-state index contributed by atoms with van der Waals surface area (Å²) in [7, 11) is 1.44. The van der Waals surface area contributed by atoms with Gasteiger partial charge in [0.25, 0.3) is 0 Å². The zero-order valence-corrected chi connectivity index (χ0v) is 14.7. The molecule has 2 fully saturated rings. The van der Waals surface area contributed by atoms with Crippen LogP contribution in [0.25, 0.3) is 0 Å². The van der Waals surface area contributed by atoms with Crippen LogP contribution in [0.1, 0.15) is 51.5 Å². The second-order valence-corrected chi connectivity index (χ2v) is 8.40. The van der Waals surface area contributed by atoms with Crippen LogP contribution in [0.2, 0.25) is 0 Å². The minimum absolute atomic E-state index is 0.175. The van der Waals surface area contributed by atoms with Gasteiger partial charge in [0.1, 0.15) is 0 Å². The molecule has 0 radical (unpaired) electrons. The first-order chi connectivity index (χ1) is 11.2. The first-order valence-electron chi connectivity index (χ1n) is 8.60. The van der Waals surface area contributed by atoms with Crippen molar-refractivity contribution in [2.75, 3.05) is 7.11 Å². The molecule has 1 aromatic carbocycles. The molecule has 3 rings (SSSR count). The van der Waals surface area contributed by atoms with Crippen molar-refractivity contribution < 1.29 is 19.4 Å². The van der Waals surface area contributed by atoms with Crippen LogP contribution in [0.15, 0.2) is 30.3 Å². The zero-order valence-electron chi connectivity index (χ0n) is 14.7. The molecule has 2 bridgehead atoms. The number of hydrogen-bond acceptors (Lipinski definition) is 3. The quantitative estimate of drug-likeness (QED) is 0.857. The van der Waals surface area contributed by atoms with Crippen LogP contribution < -0.4 is 0 Å². The van der Waals surface area contributed by atoms with Crippen LogP contribution >= 0.6 is 0 Å². The largest absolute Gasteiger partial charge is 0.481 e. The average Bonchev–Trinajstić information content (AvgIpc) is 2.53. The van der Waals surface area contributed by atoms with E-state index in [2.05, 4.69) is 12.1 Å². The van der Waals surface area contributed by atoms with Gasteiger partial charge in [-0.05, 0) is 62.8 Å². The predicted octanol–water partition coefficient (Wildman–Crippen LogP) is 3.79. The first-order valence-corrected chi connectivity index (χ1v) is 8.60. The molecule has 1 N–H and O–H groups in total. The van der Waals surface area contributed by atoms with Gasteiger partial charge in [0, 0.05) is 0 Å². The van der Waals surface area contributed by atoms with Gasteiger partial charge in [-0.3, -0.25) is 9.59 Å². The van der Waals surface area contributed by atoms with Gasteiger partial charge in [-0.1, -0.05) is 30.3 Å². The van der Waals surface area contributed by atoms with E-state index in [0.717, 1.165) is 12.0 Å². The summed E-state index contributed by atoms with van der Waals surface area (Å²) < 4.78 is 5.08. The van der Waals surface area contributed by atoms with Crippen molar-refractivity contribution in [3.05, 3.63) is 35.9 Å². The predicted molar refractivity (Wildman–Crippen MR) is 90.6 cm³/mol. The Morgan fingerprint density at radius 2 is 1.62 bits per heavy atom. The first kappa shape index (κ1) is 17.0. The highest BCUT2D eigenvalue weighted by Crippen LogP contribution is 2.61. The summed E-state index contributed by atoms with van der Waals surface area (Å²) in [6, 6.07) is 10.1. The van der Waals surface area contributed by atoms with Gasteiger partial charge < -0.3 is 9.84 Å². The topological polar surface area (TPSA) is 63.6 Å². The molecule has 4 unspecified atom stereocenters. The molecule has 0 spiro atoms.